The summed E-state index contributed by atoms with van der Waals surface area (Å²) in [6.45, 7) is 2.89. The fourth-order valence-corrected chi connectivity index (χ4v) is 1.74. The summed E-state index contributed by atoms with van der Waals surface area (Å²) < 4.78 is 0. The number of hydrogen-bond donors (Lipinski definition) is 1. The van der Waals surface area contributed by atoms with Crippen LogP contribution in [-0.2, 0) is 0 Å². The highest BCUT2D eigenvalue weighted by atomic mass is 16.1. The Morgan fingerprint density at radius 3 is 2.24 bits per heavy atom. The van der Waals surface area contributed by atoms with Crippen molar-refractivity contribution in [3.8, 4) is 11.1 Å². The molecule has 86 valence electrons. The van der Waals surface area contributed by atoms with E-state index in [1.54, 1.807) is 0 Å². The van der Waals surface area contributed by atoms with Gasteiger partial charge in [0.15, 0.2) is 11.6 Å². The van der Waals surface area contributed by atoms with Gasteiger partial charge in [-0.15, -0.1) is 0 Å². The minimum Gasteiger partial charge on any atom is -0.293 e. The van der Waals surface area contributed by atoms with Crippen LogP contribution in [0.1, 0.15) is 34.8 Å². The first-order valence-corrected chi connectivity index (χ1v) is 5.27. The average Bonchev–Trinajstić information content (AvgIpc) is 2.74. The van der Waals surface area contributed by atoms with E-state index in [2.05, 4.69) is 10.2 Å². The van der Waals surface area contributed by atoms with Gasteiger partial charge in [0.25, 0.3) is 0 Å². The van der Waals surface area contributed by atoms with Crippen LogP contribution in [0, 0.1) is 0 Å². The van der Waals surface area contributed by atoms with Crippen LogP contribution in [0.2, 0.25) is 0 Å². The molecule has 4 heteroatoms. The maximum atomic E-state index is 11.5. The SMILES string of the molecule is CC(=O)c1n[nH]c(C(C)=O)c1-c1ccccc1. The van der Waals surface area contributed by atoms with E-state index in [0.29, 0.717) is 17.0 Å². The number of aromatic nitrogens is 2. The van der Waals surface area contributed by atoms with Crippen molar-refractivity contribution in [3.05, 3.63) is 41.7 Å². The molecule has 0 saturated carbocycles. The maximum Gasteiger partial charge on any atom is 0.180 e. The van der Waals surface area contributed by atoms with E-state index >= 15 is 0 Å². The molecule has 0 fully saturated rings. The Hall–Kier alpha value is -2.23. The zero-order valence-corrected chi connectivity index (χ0v) is 9.65. The highest BCUT2D eigenvalue weighted by molar-refractivity contribution is 6.07. The van der Waals surface area contributed by atoms with E-state index in [1.165, 1.54) is 13.8 Å². The molecule has 1 aromatic carbocycles. The van der Waals surface area contributed by atoms with Crippen molar-refractivity contribution in [2.75, 3.05) is 0 Å². The third kappa shape index (κ3) is 2.01. The Morgan fingerprint density at radius 2 is 1.71 bits per heavy atom. The summed E-state index contributed by atoms with van der Waals surface area (Å²) in [7, 11) is 0. The smallest absolute Gasteiger partial charge is 0.180 e. The predicted molar refractivity (Wildman–Crippen MR) is 64.0 cm³/mol. The van der Waals surface area contributed by atoms with Crippen LogP contribution in [0.5, 0.6) is 0 Å². The number of rotatable bonds is 3. The number of aromatic amines is 1. The molecule has 1 aromatic heterocycles. The van der Waals surface area contributed by atoms with Crippen LogP contribution in [-0.4, -0.2) is 21.8 Å². The lowest BCUT2D eigenvalue weighted by Gasteiger charge is -2.02. The number of ketones is 2. The van der Waals surface area contributed by atoms with E-state index in [0.717, 1.165) is 5.56 Å². The Bertz CT molecular complexity index is 539. The monoisotopic (exact) mass is 228 g/mol. The molecule has 0 aliphatic carbocycles. The molecule has 0 saturated heterocycles. The number of carbonyl (C=O) groups excluding carboxylic acids is 2. The van der Waals surface area contributed by atoms with Crippen LogP contribution in [0.15, 0.2) is 30.3 Å². The van der Waals surface area contributed by atoms with E-state index in [1.807, 2.05) is 30.3 Å². The molecule has 0 radical (unpaired) electrons. The lowest BCUT2D eigenvalue weighted by Crippen LogP contribution is -1.98. The van der Waals surface area contributed by atoms with Gasteiger partial charge in [-0.05, 0) is 5.56 Å². The molecular weight excluding hydrogens is 216 g/mol. The highest BCUT2D eigenvalue weighted by Gasteiger charge is 2.20. The average molecular weight is 228 g/mol. The second-order valence-electron chi connectivity index (χ2n) is 3.80. The summed E-state index contributed by atoms with van der Waals surface area (Å²) in [4.78, 5) is 23.0. The van der Waals surface area contributed by atoms with Gasteiger partial charge in [-0.3, -0.25) is 14.7 Å². The molecule has 1 heterocycles. The van der Waals surface area contributed by atoms with Gasteiger partial charge in [-0.25, -0.2) is 0 Å². The number of benzene rings is 1. The minimum absolute atomic E-state index is 0.135. The van der Waals surface area contributed by atoms with Gasteiger partial charge in [0.05, 0.1) is 0 Å². The quantitative estimate of drug-likeness (QED) is 0.821. The van der Waals surface area contributed by atoms with Gasteiger partial charge >= 0.3 is 0 Å². The molecule has 1 N–H and O–H groups in total. The fourth-order valence-electron chi connectivity index (χ4n) is 1.74. The topological polar surface area (TPSA) is 62.8 Å². The zero-order chi connectivity index (χ0) is 12.4. The number of nitrogens with zero attached hydrogens (tertiary/aromatic N) is 1. The van der Waals surface area contributed by atoms with Crippen molar-refractivity contribution in [1.82, 2.24) is 10.2 Å². The minimum atomic E-state index is -0.160. The molecule has 0 aliphatic heterocycles. The van der Waals surface area contributed by atoms with E-state index in [4.69, 9.17) is 0 Å². The summed E-state index contributed by atoms with van der Waals surface area (Å²) in [6, 6.07) is 9.30. The fraction of sp³-hybridized carbons (Fsp3) is 0.154. The maximum absolute atomic E-state index is 11.5. The summed E-state index contributed by atoms with van der Waals surface area (Å²) in [5.74, 6) is -0.295. The van der Waals surface area contributed by atoms with Gasteiger partial charge in [0.1, 0.15) is 11.4 Å². The molecule has 4 nitrogen and oxygen atoms in total. The Labute approximate surface area is 98.7 Å². The zero-order valence-electron chi connectivity index (χ0n) is 9.65. The molecule has 17 heavy (non-hydrogen) atoms. The second kappa shape index (κ2) is 4.33. The van der Waals surface area contributed by atoms with E-state index < -0.39 is 0 Å². The summed E-state index contributed by atoms with van der Waals surface area (Å²) >= 11 is 0. The first kappa shape index (κ1) is 11.3. The van der Waals surface area contributed by atoms with Gasteiger partial charge in [-0.1, -0.05) is 30.3 Å². The van der Waals surface area contributed by atoms with Crippen molar-refractivity contribution in [1.29, 1.82) is 0 Å². The molecule has 2 aromatic rings. The largest absolute Gasteiger partial charge is 0.293 e. The summed E-state index contributed by atoms with van der Waals surface area (Å²) in [6.07, 6.45) is 0. The van der Waals surface area contributed by atoms with Crippen LogP contribution in [0.25, 0.3) is 11.1 Å². The van der Waals surface area contributed by atoms with Crippen molar-refractivity contribution in [2.45, 2.75) is 13.8 Å². The summed E-state index contributed by atoms with van der Waals surface area (Å²) in [5, 5.41) is 6.55. The number of H-pyrrole nitrogens is 1. The van der Waals surface area contributed by atoms with Crippen LogP contribution < -0.4 is 0 Å². The molecule has 0 atom stereocenters. The molecule has 0 spiro atoms. The second-order valence-corrected chi connectivity index (χ2v) is 3.80. The van der Waals surface area contributed by atoms with Crippen molar-refractivity contribution >= 4 is 11.6 Å². The summed E-state index contributed by atoms with van der Waals surface area (Å²) in [5.41, 5.74) is 2.09. The number of Topliss-reactive ketones (excluding diaryl/α,β-unsaturated/α-hetero) is 2. The number of hydrogen-bond acceptors (Lipinski definition) is 3. The van der Waals surface area contributed by atoms with Gasteiger partial charge in [0, 0.05) is 19.4 Å². The molecule has 0 unspecified atom stereocenters. The lowest BCUT2D eigenvalue weighted by atomic mass is 10.00. The number of nitrogens with one attached hydrogen (secondary N) is 1. The van der Waals surface area contributed by atoms with Crippen molar-refractivity contribution in [3.63, 3.8) is 0 Å². The van der Waals surface area contributed by atoms with Gasteiger partial charge in [0.2, 0.25) is 0 Å². The first-order valence-electron chi connectivity index (χ1n) is 5.27. The predicted octanol–water partition coefficient (Wildman–Crippen LogP) is 2.48. The van der Waals surface area contributed by atoms with Crippen LogP contribution >= 0.6 is 0 Å². The number of carbonyl (C=O) groups is 2. The molecular formula is C13H12N2O2. The van der Waals surface area contributed by atoms with Crippen molar-refractivity contribution in [2.24, 2.45) is 0 Å². The highest BCUT2D eigenvalue weighted by Crippen LogP contribution is 2.26. The van der Waals surface area contributed by atoms with E-state index in [9.17, 15) is 9.59 Å². The molecule has 0 aliphatic rings. The van der Waals surface area contributed by atoms with Crippen LogP contribution in [0.4, 0.5) is 0 Å². The molecule has 0 amide bonds. The lowest BCUT2D eigenvalue weighted by molar-refractivity contribution is 0.100. The van der Waals surface area contributed by atoms with Crippen molar-refractivity contribution < 1.29 is 9.59 Å². The Kier molecular flexibility index (Phi) is 2.87. The molecule has 2 rings (SSSR count). The Morgan fingerprint density at radius 1 is 1.06 bits per heavy atom. The van der Waals surface area contributed by atoms with Gasteiger partial charge in [-0.2, -0.15) is 5.10 Å². The van der Waals surface area contributed by atoms with Gasteiger partial charge < -0.3 is 0 Å². The molecule has 0 bridgehead atoms. The first-order chi connectivity index (χ1) is 8.11. The standard InChI is InChI=1S/C13H12N2O2/c1-8(16)12-11(10-6-4-3-5-7-10)13(9(2)17)15-14-12/h3-7H,1-2H3,(H,14,15). The Balaban J connectivity index is 2.69. The van der Waals surface area contributed by atoms with Crippen LogP contribution in [0.3, 0.4) is 0 Å². The third-order valence-corrected chi connectivity index (χ3v) is 2.51. The third-order valence-electron chi connectivity index (χ3n) is 2.51. The normalized spacial score (nSPS) is 10.2. The van der Waals surface area contributed by atoms with E-state index in [-0.39, 0.29) is 11.6 Å².